The second-order valence-corrected chi connectivity index (χ2v) is 8.62. The second-order valence-electron chi connectivity index (χ2n) is 8.18. The Labute approximate surface area is 193 Å². The molecule has 1 N–H and O–H groups in total. The topological polar surface area (TPSA) is 88.9 Å². The Morgan fingerprint density at radius 3 is 2.44 bits per heavy atom. The molecule has 0 saturated carbocycles. The summed E-state index contributed by atoms with van der Waals surface area (Å²) in [6.45, 7) is 7.33. The third-order valence-electron chi connectivity index (χ3n) is 5.33. The van der Waals surface area contributed by atoms with Crippen LogP contribution < -0.4 is 14.8 Å². The van der Waals surface area contributed by atoms with Gasteiger partial charge in [-0.1, -0.05) is 11.6 Å². The summed E-state index contributed by atoms with van der Waals surface area (Å²) in [5.74, 6) is 0.653. The van der Waals surface area contributed by atoms with Gasteiger partial charge in [-0.05, 0) is 38.1 Å². The highest BCUT2D eigenvalue weighted by molar-refractivity contribution is 6.30. The maximum atomic E-state index is 12.8. The molecule has 0 aliphatic carbocycles. The average Bonchev–Trinajstić information content (AvgIpc) is 3.16. The molecule has 1 aliphatic rings. The number of aromatic nitrogens is 2. The molecule has 10 heteroatoms. The van der Waals surface area contributed by atoms with Gasteiger partial charge in [-0.25, -0.2) is 0 Å². The van der Waals surface area contributed by atoms with Gasteiger partial charge in [0.1, 0.15) is 11.3 Å². The van der Waals surface area contributed by atoms with Gasteiger partial charge >= 0.3 is 0 Å². The molecular weight excluding hydrogens is 434 g/mol. The lowest BCUT2D eigenvalue weighted by Crippen LogP contribution is -2.52. The molecule has 32 heavy (non-hydrogen) atoms. The number of benzene rings is 1. The normalized spacial score (nSPS) is 14.8. The van der Waals surface area contributed by atoms with Gasteiger partial charge in [0.25, 0.3) is 11.8 Å². The molecule has 1 saturated heterocycles. The lowest BCUT2D eigenvalue weighted by molar-refractivity contribution is -0.134. The molecule has 2 amide bonds. The number of nitrogens with zero attached hydrogens (tertiary/aromatic N) is 4. The van der Waals surface area contributed by atoms with Crippen molar-refractivity contribution in [2.24, 2.45) is 7.05 Å². The number of hydrogen-bond donors (Lipinski definition) is 1. The van der Waals surface area contributed by atoms with E-state index in [1.165, 1.54) is 7.11 Å². The van der Waals surface area contributed by atoms with Crippen LogP contribution in [0.1, 0.15) is 24.2 Å². The zero-order valence-electron chi connectivity index (χ0n) is 18.9. The maximum Gasteiger partial charge on any atom is 0.263 e. The molecule has 0 atom stereocenters. The first-order valence-corrected chi connectivity index (χ1v) is 10.9. The first kappa shape index (κ1) is 23.9. The number of hydrogen-bond acceptors (Lipinski definition) is 6. The number of amides is 2. The third-order valence-corrected chi connectivity index (χ3v) is 5.58. The summed E-state index contributed by atoms with van der Waals surface area (Å²) in [5, 5.41) is 7.70. The van der Waals surface area contributed by atoms with Crippen molar-refractivity contribution in [1.29, 1.82) is 0 Å². The summed E-state index contributed by atoms with van der Waals surface area (Å²) in [6.07, 6.45) is 1.68. The molecule has 3 rings (SSSR count). The van der Waals surface area contributed by atoms with Crippen LogP contribution in [0.4, 0.5) is 0 Å². The van der Waals surface area contributed by atoms with Crippen LogP contribution in [0.3, 0.4) is 0 Å². The smallest absolute Gasteiger partial charge is 0.263 e. The van der Waals surface area contributed by atoms with Crippen molar-refractivity contribution in [3.8, 4) is 11.6 Å². The van der Waals surface area contributed by atoms with E-state index >= 15 is 0 Å². The van der Waals surface area contributed by atoms with Crippen molar-refractivity contribution in [1.82, 2.24) is 24.9 Å². The van der Waals surface area contributed by atoms with Crippen molar-refractivity contribution < 1.29 is 19.1 Å². The minimum atomic E-state index is -1.01. The van der Waals surface area contributed by atoms with Crippen LogP contribution in [0.2, 0.25) is 5.02 Å². The Morgan fingerprint density at radius 2 is 1.81 bits per heavy atom. The van der Waals surface area contributed by atoms with E-state index in [-0.39, 0.29) is 11.8 Å². The molecule has 174 valence electrons. The Morgan fingerprint density at radius 1 is 1.16 bits per heavy atom. The summed E-state index contributed by atoms with van der Waals surface area (Å²) >= 11 is 5.89. The van der Waals surface area contributed by atoms with Crippen molar-refractivity contribution in [3.05, 3.63) is 41.0 Å². The SMILES string of the molecule is COc1nn(C)cc1C(=O)N1CCN(CCNC(=O)C(C)(C)Oc2ccc(Cl)cc2)CC1. The summed E-state index contributed by atoms with van der Waals surface area (Å²) in [6, 6.07) is 6.91. The van der Waals surface area contributed by atoms with Gasteiger partial charge in [0.2, 0.25) is 5.88 Å². The number of piperazine rings is 1. The van der Waals surface area contributed by atoms with Crippen molar-refractivity contribution in [2.75, 3.05) is 46.4 Å². The van der Waals surface area contributed by atoms with E-state index in [1.54, 1.807) is 60.9 Å². The maximum absolute atomic E-state index is 12.8. The van der Waals surface area contributed by atoms with Crippen LogP contribution in [0.25, 0.3) is 0 Å². The fraction of sp³-hybridized carbons (Fsp3) is 0.500. The highest BCUT2D eigenvalue weighted by atomic mass is 35.5. The van der Waals surface area contributed by atoms with Crippen LogP contribution in [0.5, 0.6) is 11.6 Å². The number of carbonyl (C=O) groups is 2. The second kappa shape index (κ2) is 10.2. The van der Waals surface area contributed by atoms with Crippen molar-refractivity contribution in [2.45, 2.75) is 19.4 Å². The molecule has 0 bridgehead atoms. The van der Waals surface area contributed by atoms with E-state index in [0.717, 1.165) is 13.1 Å². The standard InChI is InChI=1S/C22H30ClN5O4/c1-22(2,32-17-7-5-16(23)6-8-17)21(30)24-9-10-27-11-13-28(14-12-27)20(29)18-15-26(3)25-19(18)31-4/h5-8,15H,9-14H2,1-4H3,(H,24,30). The quantitative estimate of drug-likeness (QED) is 0.642. The minimum Gasteiger partial charge on any atom is -0.479 e. The number of halogens is 1. The van der Waals surface area contributed by atoms with E-state index in [9.17, 15) is 9.59 Å². The van der Waals surface area contributed by atoms with Gasteiger partial charge in [-0.3, -0.25) is 19.2 Å². The summed E-state index contributed by atoms with van der Waals surface area (Å²) < 4.78 is 12.6. The predicted octanol–water partition coefficient (Wildman–Crippen LogP) is 1.81. The lowest BCUT2D eigenvalue weighted by Gasteiger charge is -2.34. The molecule has 2 aromatic rings. The molecule has 0 spiro atoms. The van der Waals surface area contributed by atoms with Crippen LogP contribution in [0, 0.1) is 0 Å². The van der Waals surface area contributed by atoms with Gasteiger partial charge < -0.3 is 19.7 Å². The first-order valence-electron chi connectivity index (χ1n) is 10.5. The average molecular weight is 464 g/mol. The highest BCUT2D eigenvalue weighted by Gasteiger charge is 2.30. The van der Waals surface area contributed by atoms with E-state index in [2.05, 4.69) is 15.3 Å². The Kier molecular flexibility index (Phi) is 7.63. The summed E-state index contributed by atoms with van der Waals surface area (Å²) in [5.41, 5.74) is -0.541. The minimum absolute atomic E-state index is 0.0796. The molecule has 2 heterocycles. The zero-order valence-corrected chi connectivity index (χ0v) is 19.7. The summed E-state index contributed by atoms with van der Waals surface area (Å²) in [4.78, 5) is 29.4. The van der Waals surface area contributed by atoms with E-state index < -0.39 is 5.60 Å². The number of methoxy groups -OCH3 is 1. The van der Waals surface area contributed by atoms with Crippen LogP contribution in [-0.2, 0) is 11.8 Å². The number of rotatable bonds is 8. The monoisotopic (exact) mass is 463 g/mol. The molecule has 1 aromatic carbocycles. The zero-order chi connectivity index (χ0) is 23.3. The Balaban J connectivity index is 1.42. The molecular formula is C22H30ClN5O4. The molecule has 0 radical (unpaired) electrons. The molecule has 1 aliphatic heterocycles. The van der Waals surface area contributed by atoms with Crippen LogP contribution in [-0.4, -0.2) is 83.4 Å². The van der Waals surface area contributed by atoms with Gasteiger partial charge in [-0.15, -0.1) is 5.10 Å². The van der Waals surface area contributed by atoms with Crippen LogP contribution in [0.15, 0.2) is 30.5 Å². The lowest BCUT2D eigenvalue weighted by atomic mass is 10.1. The van der Waals surface area contributed by atoms with Crippen molar-refractivity contribution in [3.63, 3.8) is 0 Å². The molecule has 9 nitrogen and oxygen atoms in total. The Hall–Kier alpha value is -2.78. The first-order chi connectivity index (χ1) is 15.2. The van der Waals surface area contributed by atoms with Crippen molar-refractivity contribution >= 4 is 23.4 Å². The van der Waals surface area contributed by atoms with Gasteiger partial charge in [0.15, 0.2) is 5.60 Å². The van der Waals surface area contributed by atoms with E-state index in [1.807, 2.05) is 0 Å². The predicted molar refractivity (Wildman–Crippen MR) is 121 cm³/mol. The number of ether oxygens (including phenoxy) is 2. The summed E-state index contributed by atoms with van der Waals surface area (Å²) in [7, 11) is 3.26. The number of carbonyl (C=O) groups excluding carboxylic acids is 2. The van der Waals surface area contributed by atoms with E-state index in [0.29, 0.717) is 48.4 Å². The highest BCUT2D eigenvalue weighted by Crippen LogP contribution is 2.21. The molecule has 0 unspecified atom stereocenters. The number of aryl methyl sites for hydroxylation is 1. The largest absolute Gasteiger partial charge is 0.479 e. The van der Waals surface area contributed by atoms with Gasteiger partial charge in [0, 0.05) is 57.5 Å². The fourth-order valence-corrected chi connectivity index (χ4v) is 3.62. The Bertz CT molecular complexity index is 936. The molecule has 1 fully saturated rings. The van der Waals surface area contributed by atoms with Gasteiger partial charge in [-0.2, -0.15) is 0 Å². The number of nitrogens with one attached hydrogen (secondary N) is 1. The molecule has 1 aromatic heterocycles. The fourth-order valence-electron chi connectivity index (χ4n) is 3.49. The third kappa shape index (κ3) is 5.92. The van der Waals surface area contributed by atoms with E-state index in [4.69, 9.17) is 21.1 Å². The van der Waals surface area contributed by atoms with Crippen LogP contribution >= 0.6 is 11.6 Å². The van der Waals surface area contributed by atoms with Gasteiger partial charge in [0.05, 0.1) is 7.11 Å².